The van der Waals surface area contributed by atoms with Gasteiger partial charge < -0.3 is 10.2 Å². The predicted molar refractivity (Wildman–Crippen MR) is 58.6 cm³/mol. The molecule has 0 aliphatic heterocycles. The number of halogens is 1. The number of hydrogen-bond donors (Lipinski definition) is 1. The minimum Gasteiger partial charge on any atom is -0.325 e. The second-order valence-electron chi connectivity index (χ2n) is 3.29. The maximum atomic E-state index is 11.3. The smallest absolute Gasteiger partial charge is 0.238 e. The molecular weight excluding hydrogens is 200 g/mol. The van der Waals surface area contributed by atoms with E-state index in [1.807, 2.05) is 19.0 Å². The van der Waals surface area contributed by atoms with Crippen molar-refractivity contribution >= 4 is 23.2 Å². The molecule has 0 saturated heterocycles. The Morgan fingerprint density at radius 2 is 1.93 bits per heavy atom. The highest BCUT2D eigenvalue weighted by molar-refractivity contribution is 6.30. The van der Waals surface area contributed by atoms with Crippen LogP contribution >= 0.6 is 11.6 Å². The number of amides is 1. The summed E-state index contributed by atoms with van der Waals surface area (Å²) in [5.74, 6) is -0.0303. The summed E-state index contributed by atoms with van der Waals surface area (Å²) in [5, 5.41) is 3.42. The number of anilines is 1. The molecule has 14 heavy (non-hydrogen) atoms. The Morgan fingerprint density at radius 1 is 1.36 bits per heavy atom. The lowest BCUT2D eigenvalue weighted by molar-refractivity contribution is -0.116. The Bertz CT molecular complexity index is 308. The fraction of sp³-hybridized carbons (Fsp3) is 0.300. The van der Waals surface area contributed by atoms with Crippen LogP contribution in [0, 0.1) is 0 Å². The summed E-state index contributed by atoms with van der Waals surface area (Å²) < 4.78 is 0. The van der Waals surface area contributed by atoms with E-state index in [4.69, 9.17) is 11.6 Å². The number of likely N-dealkylation sites (N-methyl/N-ethyl adjacent to an activating group) is 1. The van der Waals surface area contributed by atoms with Crippen molar-refractivity contribution in [2.24, 2.45) is 0 Å². The lowest BCUT2D eigenvalue weighted by Crippen LogP contribution is -2.26. The van der Waals surface area contributed by atoms with E-state index in [9.17, 15) is 4.79 Å². The molecule has 0 radical (unpaired) electrons. The van der Waals surface area contributed by atoms with Gasteiger partial charge in [0.2, 0.25) is 5.91 Å². The van der Waals surface area contributed by atoms with Gasteiger partial charge in [-0.3, -0.25) is 4.79 Å². The van der Waals surface area contributed by atoms with E-state index in [0.717, 1.165) is 5.69 Å². The highest BCUT2D eigenvalue weighted by Gasteiger charge is 2.02. The van der Waals surface area contributed by atoms with Crippen LogP contribution in [0.3, 0.4) is 0 Å². The standard InChI is InChI=1S/C10H13ClN2O/c1-13(2)7-10(14)12-9-5-3-8(11)4-6-9/h3-6H,7H2,1-2H3,(H,12,14). The Hall–Kier alpha value is -1.06. The zero-order chi connectivity index (χ0) is 10.6. The van der Waals surface area contributed by atoms with Gasteiger partial charge >= 0.3 is 0 Å². The predicted octanol–water partition coefficient (Wildman–Crippen LogP) is 1.84. The quantitative estimate of drug-likeness (QED) is 0.830. The van der Waals surface area contributed by atoms with E-state index in [1.54, 1.807) is 24.3 Å². The average molecular weight is 213 g/mol. The van der Waals surface area contributed by atoms with Gasteiger partial charge in [0.15, 0.2) is 0 Å². The zero-order valence-corrected chi connectivity index (χ0v) is 9.01. The summed E-state index contributed by atoms with van der Waals surface area (Å²) in [5.41, 5.74) is 0.765. The van der Waals surface area contributed by atoms with Crippen LogP contribution in [0.25, 0.3) is 0 Å². The Labute approximate surface area is 88.7 Å². The van der Waals surface area contributed by atoms with E-state index in [0.29, 0.717) is 11.6 Å². The van der Waals surface area contributed by atoms with E-state index in [1.165, 1.54) is 0 Å². The first-order valence-corrected chi connectivity index (χ1v) is 4.66. The normalized spacial score (nSPS) is 10.3. The Morgan fingerprint density at radius 3 is 2.43 bits per heavy atom. The number of hydrogen-bond acceptors (Lipinski definition) is 2. The second-order valence-corrected chi connectivity index (χ2v) is 3.73. The fourth-order valence-electron chi connectivity index (χ4n) is 1.02. The Kier molecular flexibility index (Phi) is 3.92. The van der Waals surface area contributed by atoms with Gasteiger partial charge in [0, 0.05) is 10.7 Å². The third-order valence-corrected chi connectivity index (χ3v) is 1.84. The molecule has 4 heteroatoms. The lowest BCUT2D eigenvalue weighted by atomic mass is 10.3. The highest BCUT2D eigenvalue weighted by Crippen LogP contribution is 2.12. The van der Waals surface area contributed by atoms with Crippen LogP contribution in [-0.4, -0.2) is 31.4 Å². The van der Waals surface area contributed by atoms with Crippen LogP contribution < -0.4 is 5.32 Å². The number of nitrogens with zero attached hydrogens (tertiary/aromatic N) is 1. The molecule has 1 aromatic rings. The van der Waals surface area contributed by atoms with Crippen molar-refractivity contribution in [2.45, 2.75) is 0 Å². The van der Waals surface area contributed by atoms with Gasteiger partial charge in [0.25, 0.3) is 0 Å². The molecule has 1 amide bonds. The van der Waals surface area contributed by atoms with Crippen molar-refractivity contribution in [1.82, 2.24) is 4.90 Å². The van der Waals surface area contributed by atoms with Gasteiger partial charge in [0.1, 0.15) is 0 Å². The van der Waals surface area contributed by atoms with E-state index in [2.05, 4.69) is 5.32 Å². The summed E-state index contributed by atoms with van der Waals surface area (Å²) in [7, 11) is 3.70. The summed E-state index contributed by atoms with van der Waals surface area (Å²) >= 11 is 5.71. The molecule has 0 bridgehead atoms. The summed E-state index contributed by atoms with van der Waals surface area (Å²) in [6.45, 7) is 0.378. The van der Waals surface area contributed by atoms with Gasteiger partial charge in [-0.15, -0.1) is 0 Å². The van der Waals surface area contributed by atoms with E-state index >= 15 is 0 Å². The van der Waals surface area contributed by atoms with E-state index in [-0.39, 0.29) is 5.91 Å². The molecular formula is C10H13ClN2O. The van der Waals surface area contributed by atoms with E-state index < -0.39 is 0 Å². The third-order valence-electron chi connectivity index (χ3n) is 1.59. The monoisotopic (exact) mass is 212 g/mol. The van der Waals surface area contributed by atoms with Crippen LogP contribution in [0.2, 0.25) is 5.02 Å². The number of benzene rings is 1. The van der Waals surface area contributed by atoms with Crippen molar-refractivity contribution < 1.29 is 4.79 Å². The van der Waals surface area contributed by atoms with Crippen LogP contribution in [0.5, 0.6) is 0 Å². The van der Waals surface area contributed by atoms with Gasteiger partial charge in [-0.1, -0.05) is 11.6 Å². The number of rotatable bonds is 3. The molecule has 1 aromatic carbocycles. The van der Waals surface area contributed by atoms with Crippen LogP contribution in [0.4, 0.5) is 5.69 Å². The van der Waals surface area contributed by atoms with Gasteiger partial charge in [-0.25, -0.2) is 0 Å². The number of carbonyl (C=O) groups excluding carboxylic acids is 1. The maximum Gasteiger partial charge on any atom is 0.238 e. The molecule has 0 atom stereocenters. The molecule has 0 unspecified atom stereocenters. The van der Waals surface area contributed by atoms with Gasteiger partial charge in [-0.2, -0.15) is 0 Å². The summed E-state index contributed by atoms with van der Waals surface area (Å²) in [4.78, 5) is 13.1. The lowest BCUT2D eigenvalue weighted by Gasteiger charge is -2.09. The van der Waals surface area contributed by atoms with Crippen molar-refractivity contribution in [3.8, 4) is 0 Å². The first-order valence-electron chi connectivity index (χ1n) is 4.28. The van der Waals surface area contributed by atoms with Crippen LogP contribution in [-0.2, 0) is 4.79 Å². The Balaban J connectivity index is 2.52. The molecule has 0 spiro atoms. The van der Waals surface area contributed by atoms with Gasteiger partial charge in [0.05, 0.1) is 6.54 Å². The first-order chi connectivity index (χ1) is 6.58. The molecule has 1 N–H and O–H groups in total. The zero-order valence-electron chi connectivity index (χ0n) is 8.25. The van der Waals surface area contributed by atoms with Crippen LogP contribution in [0.15, 0.2) is 24.3 Å². The van der Waals surface area contributed by atoms with Crippen molar-refractivity contribution in [3.63, 3.8) is 0 Å². The van der Waals surface area contributed by atoms with Crippen molar-refractivity contribution in [2.75, 3.05) is 26.0 Å². The number of carbonyl (C=O) groups is 1. The minimum absolute atomic E-state index is 0.0303. The molecule has 0 fully saturated rings. The number of nitrogens with one attached hydrogen (secondary N) is 1. The van der Waals surface area contributed by atoms with Crippen molar-refractivity contribution in [3.05, 3.63) is 29.3 Å². The molecule has 0 aliphatic rings. The third kappa shape index (κ3) is 3.77. The maximum absolute atomic E-state index is 11.3. The van der Waals surface area contributed by atoms with Gasteiger partial charge in [-0.05, 0) is 38.4 Å². The second kappa shape index (κ2) is 4.98. The average Bonchev–Trinajstić information content (AvgIpc) is 2.07. The molecule has 0 heterocycles. The summed E-state index contributed by atoms with van der Waals surface area (Å²) in [6, 6.07) is 7.03. The molecule has 0 aliphatic carbocycles. The van der Waals surface area contributed by atoms with Crippen LogP contribution in [0.1, 0.15) is 0 Å². The highest BCUT2D eigenvalue weighted by atomic mass is 35.5. The minimum atomic E-state index is -0.0303. The van der Waals surface area contributed by atoms with Crippen molar-refractivity contribution in [1.29, 1.82) is 0 Å². The molecule has 0 saturated carbocycles. The molecule has 76 valence electrons. The first kappa shape index (κ1) is 11.0. The fourth-order valence-corrected chi connectivity index (χ4v) is 1.15. The SMILES string of the molecule is CN(C)CC(=O)Nc1ccc(Cl)cc1. The topological polar surface area (TPSA) is 32.3 Å². The summed E-state index contributed by atoms with van der Waals surface area (Å²) in [6.07, 6.45) is 0. The molecule has 0 aromatic heterocycles. The molecule has 1 rings (SSSR count). The molecule has 3 nitrogen and oxygen atoms in total. The largest absolute Gasteiger partial charge is 0.325 e.